The van der Waals surface area contributed by atoms with E-state index in [4.69, 9.17) is 5.11 Å². The van der Waals surface area contributed by atoms with Crippen molar-refractivity contribution in [3.05, 3.63) is 28.2 Å². The van der Waals surface area contributed by atoms with Crippen molar-refractivity contribution in [2.24, 2.45) is 5.92 Å². The van der Waals surface area contributed by atoms with Gasteiger partial charge in [0.05, 0.1) is 5.56 Å². The van der Waals surface area contributed by atoms with Crippen LogP contribution in [0.4, 0.5) is 5.69 Å². The Hall–Kier alpha value is -1.03. The fourth-order valence-electron chi connectivity index (χ4n) is 1.83. The molecule has 2 rings (SSSR count). The van der Waals surface area contributed by atoms with Crippen molar-refractivity contribution in [1.29, 1.82) is 0 Å². The first-order valence-electron chi connectivity index (χ1n) is 5.93. The Bertz CT molecular complexity index is 416. The van der Waals surface area contributed by atoms with Crippen molar-refractivity contribution in [2.45, 2.75) is 25.7 Å². The van der Waals surface area contributed by atoms with E-state index in [1.807, 2.05) is 12.1 Å². The quantitative estimate of drug-likeness (QED) is 0.786. The molecule has 92 valence electrons. The molecule has 1 saturated carbocycles. The minimum atomic E-state index is -0.905. The summed E-state index contributed by atoms with van der Waals surface area (Å²) in [6, 6.07) is 5.25. The standard InChI is InChI=1S/C13H16BrNO2/c14-12-8-10(5-6-11(12)13(16)17)15-7-1-2-9-3-4-9/h5-6,8-9,15H,1-4,7H2,(H,16,17). The molecule has 0 saturated heterocycles. The number of halogens is 1. The molecule has 0 atom stereocenters. The van der Waals surface area contributed by atoms with E-state index < -0.39 is 5.97 Å². The highest BCUT2D eigenvalue weighted by atomic mass is 79.9. The minimum Gasteiger partial charge on any atom is -0.478 e. The molecule has 0 unspecified atom stereocenters. The van der Waals surface area contributed by atoms with E-state index >= 15 is 0 Å². The van der Waals surface area contributed by atoms with Crippen LogP contribution in [-0.4, -0.2) is 17.6 Å². The normalized spacial score (nSPS) is 14.6. The number of hydrogen-bond donors (Lipinski definition) is 2. The Balaban J connectivity index is 1.83. The first kappa shape index (κ1) is 12.4. The summed E-state index contributed by atoms with van der Waals surface area (Å²) < 4.78 is 0.622. The van der Waals surface area contributed by atoms with E-state index in [2.05, 4.69) is 21.2 Å². The molecule has 3 nitrogen and oxygen atoms in total. The van der Waals surface area contributed by atoms with Crippen LogP contribution in [0.2, 0.25) is 0 Å². The lowest BCUT2D eigenvalue weighted by molar-refractivity contribution is 0.0696. The Morgan fingerprint density at radius 3 is 2.82 bits per heavy atom. The highest BCUT2D eigenvalue weighted by Gasteiger charge is 2.19. The van der Waals surface area contributed by atoms with Crippen molar-refractivity contribution in [3.8, 4) is 0 Å². The van der Waals surface area contributed by atoms with E-state index in [1.165, 1.54) is 25.7 Å². The lowest BCUT2D eigenvalue weighted by atomic mass is 10.2. The number of carboxylic acid groups (broad SMARTS) is 1. The first-order chi connectivity index (χ1) is 8.16. The summed E-state index contributed by atoms with van der Waals surface area (Å²) in [5, 5.41) is 12.2. The highest BCUT2D eigenvalue weighted by Crippen LogP contribution is 2.33. The lowest BCUT2D eigenvalue weighted by Crippen LogP contribution is -2.03. The van der Waals surface area contributed by atoms with Gasteiger partial charge in [0.25, 0.3) is 0 Å². The third-order valence-electron chi connectivity index (χ3n) is 3.01. The Morgan fingerprint density at radius 1 is 1.47 bits per heavy atom. The fraction of sp³-hybridized carbons (Fsp3) is 0.462. The van der Waals surface area contributed by atoms with Crippen LogP contribution >= 0.6 is 15.9 Å². The minimum absolute atomic E-state index is 0.300. The molecule has 0 aliphatic heterocycles. The number of benzene rings is 1. The number of hydrogen-bond acceptors (Lipinski definition) is 2. The maximum absolute atomic E-state index is 10.8. The van der Waals surface area contributed by atoms with Crippen LogP contribution in [0.3, 0.4) is 0 Å². The van der Waals surface area contributed by atoms with Gasteiger partial charge in [0.15, 0.2) is 0 Å². The van der Waals surface area contributed by atoms with Gasteiger partial charge in [0.2, 0.25) is 0 Å². The van der Waals surface area contributed by atoms with Gasteiger partial charge in [-0.25, -0.2) is 4.79 Å². The Kier molecular flexibility index (Phi) is 4.05. The van der Waals surface area contributed by atoms with Gasteiger partial charge < -0.3 is 10.4 Å². The average Bonchev–Trinajstić information content (AvgIpc) is 3.08. The summed E-state index contributed by atoms with van der Waals surface area (Å²) in [4.78, 5) is 10.8. The summed E-state index contributed by atoms with van der Waals surface area (Å²) in [5.41, 5.74) is 1.27. The van der Waals surface area contributed by atoms with Gasteiger partial charge in [0, 0.05) is 16.7 Å². The average molecular weight is 298 g/mol. The summed E-state index contributed by atoms with van der Waals surface area (Å²) in [6.45, 7) is 0.954. The molecular weight excluding hydrogens is 282 g/mol. The van der Waals surface area contributed by atoms with E-state index in [-0.39, 0.29) is 0 Å². The third-order valence-corrected chi connectivity index (χ3v) is 3.67. The molecule has 0 aromatic heterocycles. The van der Waals surface area contributed by atoms with Crippen LogP contribution < -0.4 is 5.32 Å². The molecule has 0 heterocycles. The molecule has 0 radical (unpaired) electrons. The topological polar surface area (TPSA) is 49.3 Å². The van der Waals surface area contributed by atoms with Gasteiger partial charge in [-0.3, -0.25) is 0 Å². The molecule has 17 heavy (non-hydrogen) atoms. The van der Waals surface area contributed by atoms with Crippen LogP contribution in [-0.2, 0) is 0 Å². The van der Waals surface area contributed by atoms with Gasteiger partial charge in [-0.05, 0) is 52.9 Å². The number of rotatable bonds is 6. The van der Waals surface area contributed by atoms with Crippen molar-refractivity contribution < 1.29 is 9.90 Å². The van der Waals surface area contributed by atoms with Gasteiger partial charge in [-0.1, -0.05) is 12.8 Å². The molecular formula is C13H16BrNO2. The first-order valence-corrected chi connectivity index (χ1v) is 6.73. The number of carbonyl (C=O) groups is 1. The zero-order valence-corrected chi connectivity index (χ0v) is 11.2. The molecule has 1 aliphatic carbocycles. The predicted molar refractivity (Wildman–Crippen MR) is 71.5 cm³/mol. The Labute approximate surface area is 109 Å². The predicted octanol–water partition coefficient (Wildman–Crippen LogP) is 3.75. The smallest absolute Gasteiger partial charge is 0.336 e. The van der Waals surface area contributed by atoms with E-state index in [1.54, 1.807) is 6.07 Å². The van der Waals surface area contributed by atoms with Crippen molar-refractivity contribution in [3.63, 3.8) is 0 Å². The van der Waals surface area contributed by atoms with Gasteiger partial charge in [0.1, 0.15) is 0 Å². The third kappa shape index (κ3) is 3.73. The van der Waals surface area contributed by atoms with E-state index in [9.17, 15) is 4.79 Å². The lowest BCUT2D eigenvalue weighted by Gasteiger charge is -2.07. The molecule has 0 spiro atoms. The molecule has 2 N–H and O–H groups in total. The van der Waals surface area contributed by atoms with Crippen LogP contribution in [0.25, 0.3) is 0 Å². The number of nitrogens with one attached hydrogen (secondary N) is 1. The molecule has 0 bridgehead atoms. The fourth-order valence-corrected chi connectivity index (χ4v) is 2.38. The number of anilines is 1. The molecule has 1 aromatic carbocycles. The van der Waals surface area contributed by atoms with Gasteiger partial charge in [-0.2, -0.15) is 0 Å². The molecule has 1 fully saturated rings. The van der Waals surface area contributed by atoms with Crippen LogP contribution in [0.5, 0.6) is 0 Å². The van der Waals surface area contributed by atoms with Crippen molar-refractivity contribution in [1.82, 2.24) is 0 Å². The maximum atomic E-state index is 10.8. The summed E-state index contributed by atoms with van der Waals surface area (Å²) in [6.07, 6.45) is 5.29. The molecule has 0 amide bonds. The summed E-state index contributed by atoms with van der Waals surface area (Å²) in [7, 11) is 0. The zero-order chi connectivity index (χ0) is 12.3. The second kappa shape index (κ2) is 5.54. The van der Waals surface area contributed by atoms with Crippen molar-refractivity contribution >= 4 is 27.6 Å². The Morgan fingerprint density at radius 2 is 2.24 bits per heavy atom. The number of aromatic carboxylic acids is 1. The summed E-state index contributed by atoms with van der Waals surface area (Å²) in [5.74, 6) is 0.0649. The van der Waals surface area contributed by atoms with Crippen LogP contribution in [0.15, 0.2) is 22.7 Å². The molecule has 1 aromatic rings. The zero-order valence-electron chi connectivity index (χ0n) is 9.58. The van der Waals surface area contributed by atoms with Crippen LogP contribution in [0.1, 0.15) is 36.0 Å². The van der Waals surface area contributed by atoms with Gasteiger partial charge >= 0.3 is 5.97 Å². The highest BCUT2D eigenvalue weighted by molar-refractivity contribution is 9.10. The second-order valence-electron chi connectivity index (χ2n) is 4.51. The maximum Gasteiger partial charge on any atom is 0.336 e. The van der Waals surface area contributed by atoms with E-state index in [0.717, 1.165) is 18.2 Å². The van der Waals surface area contributed by atoms with Gasteiger partial charge in [-0.15, -0.1) is 0 Å². The largest absolute Gasteiger partial charge is 0.478 e. The SMILES string of the molecule is O=C(O)c1ccc(NCCCC2CC2)cc1Br. The van der Waals surface area contributed by atoms with Crippen molar-refractivity contribution in [2.75, 3.05) is 11.9 Å². The second-order valence-corrected chi connectivity index (χ2v) is 5.37. The molecule has 1 aliphatic rings. The van der Waals surface area contributed by atoms with E-state index in [0.29, 0.717) is 10.0 Å². The molecule has 4 heteroatoms. The monoisotopic (exact) mass is 297 g/mol. The summed E-state index contributed by atoms with van der Waals surface area (Å²) >= 11 is 3.27. The number of carboxylic acids is 1. The van der Waals surface area contributed by atoms with Crippen LogP contribution in [0, 0.1) is 5.92 Å².